The Bertz CT molecular complexity index is 801. The lowest BCUT2D eigenvalue weighted by Crippen LogP contribution is -2.43. The zero-order chi connectivity index (χ0) is 20.7. The highest BCUT2D eigenvalue weighted by Crippen LogP contribution is 2.22. The van der Waals surface area contributed by atoms with E-state index in [0.29, 0.717) is 6.54 Å². The van der Waals surface area contributed by atoms with Gasteiger partial charge in [0.2, 0.25) is 10.0 Å². The van der Waals surface area contributed by atoms with E-state index in [1.165, 1.54) is 12.5 Å². The first-order valence-electron chi connectivity index (χ1n) is 9.76. The lowest BCUT2D eigenvalue weighted by molar-refractivity contribution is -0.152. The number of likely N-dealkylation sites (N-methyl/N-ethyl adjacent to an activating group) is 1. The van der Waals surface area contributed by atoms with Crippen LogP contribution in [0.15, 0.2) is 23.1 Å². The third kappa shape index (κ3) is 6.04. The average molecular weight is 411 g/mol. The van der Waals surface area contributed by atoms with Crippen molar-refractivity contribution in [3.63, 3.8) is 0 Å². The van der Waals surface area contributed by atoms with Gasteiger partial charge in [-0.05, 0) is 56.9 Å². The van der Waals surface area contributed by atoms with Crippen LogP contribution in [-0.4, -0.2) is 50.9 Å². The van der Waals surface area contributed by atoms with Gasteiger partial charge in [0, 0.05) is 12.6 Å². The molecule has 0 spiro atoms. The molecular weight excluding hydrogens is 380 g/mol. The lowest BCUT2D eigenvalue weighted by atomic mass is 9.94. The Labute approximate surface area is 167 Å². The highest BCUT2D eigenvalue weighted by atomic mass is 32.2. The molecule has 8 heteroatoms. The summed E-state index contributed by atoms with van der Waals surface area (Å²) in [7, 11) is -3.82. The Morgan fingerprint density at radius 1 is 1.14 bits per heavy atom. The van der Waals surface area contributed by atoms with Crippen molar-refractivity contribution >= 4 is 21.9 Å². The van der Waals surface area contributed by atoms with Gasteiger partial charge in [-0.1, -0.05) is 25.3 Å². The van der Waals surface area contributed by atoms with E-state index in [-0.39, 0.29) is 23.5 Å². The molecule has 1 aromatic carbocycles. The summed E-state index contributed by atoms with van der Waals surface area (Å²) in [4.78, 5) is 26.1. The molecule has 1 aromatic rings. The van der Waals surface area contributed by atoms with E-state index in [1.54, 1.807) is 17.0 Å². The molecule has 7 nitrogen and oxygen atoms in total. The maximum atomic E-state index is 12.4. The second-order valence-corrected chi connectivity index (χ2v) is 8.97. The summed E-state index contributed by atoms with van der Waals surface area (Å²) >= 11 is 0. The standard InChI is InChI=1S/C20H30N2O5S/c1-4-22(17-8-6-5-7-9-17)19(23)14-27-20(24)13-21-28(25,26)18-11-10-15(2)16(3)12-18/h10-12,17,21H,4-9,13-14H2,1-3H3. The van der Waals surface area contributed by atoms with Crippen LogP contribution in [-0.2, 0) is 24.3 Å². The zero-order valence-electron chi connectivity index (χ0n) is 16.9. The van der Waals surface area contributed by atoms with Gasteiger partial charge in [-0.15, -0.1) is 0 Å². The molecule has 1 fully saturated rings. The van der Waals surface area contributed by atoms with Gasteiger partial charge in [0.05, 0.1) is 4.90 Å². The van der Waals surface area contributed by atoms with Crippen molar-refractivity contribution in [1.29, 1.82) is 0 Å². The average Bonchev–Trinajstić information content (AvgIpc) is 2.68. The number of amides is 1. The van der Waals surface area contributed by atoms with Gasteiger partial charge in [-0.2, -0.15) is 4.72 Å². The molecule has 0 unspecified atom stereocenters. The molecular formula is C20H30N2O5S. The van der Waals surface area contributed by atoms with E-state index in [2.05, 4.69) is 4.72 Å². The fourth-order valence-electron chi connectivity index (χ4n) is 3.43. The third-order valence-electron chi connectivity index (χ3n) is 5.23. The minimum atomic E-state index is -3.82. The predicted molar refractivity (Wildman–Crippen MR) is 106 cm³/mol. The van der Waals surface area contributed by atoms with Crippen molar-refractivity contribution in [3.05, 3.63) is 29.3 Å². The number of aryl methyl sites for hydroxylation is 2. The second kappa shape index (κ2) is 10.0. The maximum absolute atomic E-state index is 12.4. The minimum Gasteiger partial charge on any atom is -0.455 e. The van der Waals surface area contributed by atoms with Crippen LogP contribution in [0.3, 0.4) is 0 Å². The van der Waals surface area contributed by atoms with Gasteiger partial charge in [0.1, 0.15) is 6.54 Å². The number of nitrogens with one attached hydrogen (secondary N) is 1. The van der Waals surface area contributed by atoms with E-state index < -0.39 is 22.5 Å². The van der Waals surface area contributed by atoms with Gasteiger partial charge in [0.25, 0.3) is 5.91 Å². The van der Waals surface area contributed by atoms with Gasteiger partial charge < -0.3 is 9.64 Å². The second-order valence-electron chi connectivity index (χ2n) is 7.20. The number of esters is 1. The summed E-state index contributed by atoms with van der Waals surface area (Å²) in [5, 5.41) is 0. The fourth-order valence-corrected chi connectivity index (χ4v) is 4.48. The van der Waals surface area contributed by atoms with E-state index in [1.807, 2.05) is 20.8 Å². The van der Waals surface area contributed by atoms with Crippen LogP contribution in [0.4, 0.5) is 0 Å². The van der Waals surface area contributed by atoms with Crippen LogP contribution in [0.5, 0.6) is 0 Å². The highest BCUT2D eigenvalue weighted by Gasteiger charge is 2.25. The minimum absolute atomic E-state index is 0.0916. The number of carbonyl (C=O) groups excluding carboxylic acids is 2. The van der Waals surface area contributed by atoms with E-state index in [0.717, 1.165) is 36.8 Å². The fraction of sp³-hybridized carbons (Fsp3) is 0.600. The predicted octanol–water partition coefficient (Wildman–Crippen LogP) is 2.31. The number of sulfonamides is 1. The molecule has 0 aromatic heterocycles. The van der Waals surface area contributed by atoms with Crippen LogP contribution in [0, 0.1) is 13.8 Å². The molecule has 0 heterocycles. The highest BCUT2D eigenvalue weighted by molar-refractivity contribution is 7.89. The molecule has 1 amide bonds. The molecule has 156 valence electrons. The number of nitrogens with zero attached hydrogens (tertiary/aromatic N) is 1. The van der Waals surface area contributed by atoms with Gasteiger partial charge in [0.15, 0.2) is 6.61 Å². The monoisotopic (exact) mass is 410 g/mol. The Morgan fingerprint density at radius 3 is 2.43 bits per heavy atom. The largest absolute Gasteiger partial charge is 0.455 e. The van der Waals surface area contributed by atoms with Crippen molar-refractivity contribution in [2.75, 3.05) is 19.7 Å². The quantitative estimate of drug-likeness (QED) is 0.664. The molecule has 2 rings (SSSR count). The smallest absolute Gasteiger partial charge is 0.321 e. The number of hydrogen-bond donors (Lipinski definition) is 1. The maximum Gasteiger partial charge on any atom is 0.321 e. The summed E-state index contributed by atoms with van der Waals surface area (Å²) in [5.74, 6) is -1.01. The first-order valence-corrected chi connectivity index (χ1v) is 11.2. The van der Waals surface area contributed by atoms with Gasteiger partial charge in [-0.25, -0.2) is 8.42 Å². The molecule has 1 saturated carbocycles. The van der Waals surface area contributed by atoms with Crippen molar-refractivity contribution in [2.45, 2.75) is 63.8 Å². The van der Waals surface area contributed by atoms with Crippen molar-refractivity contribution in [2.24, 2.45) is 0 Å². The molecule has 0 radical (unpaired) electrons. The number of ether oxygens (including phenoxy) is 1. The summed E-state index contributed by atoms with van der Waals surface area (Å²) < 4.78 is 31.8. The van der Waals surface area contributed by atoms with E-state index >= 15 is 0 Å². The van der Waals surface area contributed by atoms with Crippen molar-refractivity contribution < 1.29 is 22.7 Å². The van der Waals surface area contributed by atoms with E-state index in [9.17, 15) is 18.0 Å². The van der Waals surface area contributed by atoms with Gasteiger partial charge in [-0.3, -0.25) is 9.59 Å². The first-order chi connectivity index (χ1) is 13.2. The third-order valence-corrected chi connectivity index (χ3v) is 6.63. The van der Waals surface area contributed by atoms with Crippen LogP contribution in [0.1, 0.15) is 50.2 Å². The van der Waals surface area contributed by atoms with Crippen LogP contribution < -0.4 is 4.72 Å². The lowest BCUT2D eigenvalue weighted by Gasteiger charge is -2.33. The number of benzene rings is 1. The molecule has 0 atom stereocenters. The summed E-state index contributed by atoms with van der Waals surface area (Å²) in [5.41, 5.74) is 1.83. The van der Waals surface area contributed by atoms with Crippen LogP contribution in [0.2, 0.25) is 0 Å². The number of carbonyl (C=O) groups is 2. The number of rotatable bonds is 8. The normalized spacial score (nSPS) is 15.2. The molecule has 0 aliphatic heterocycles. The first kappa shape index (κ1) is 22.4. The summed E-state index contributed by atoms with van der Waals surface area (Å²) in [6.07, 6.45) is 5.35. The SMILES string of the molecule is CCN(C(=O)COC(=O)CNS(=O)(=O)c1ccc(C)c(C)c1)C1CCCCC1. The molecule has 0 saturated heterocycles. The van der Waals surface area contributed by atoms with Crippen LogP contribution in [0.25, 0.3) is 0 Å². The Kier molecular flexibility index (Phi) is 8.00. The molecule has 0 bridgehead atoms. The van der Waals surface area contributed by atoms with Gasteiger partial charge >= 0.3 is 5.97 Å². The zero-order valence-corrected chi connectivity index (χ0v) is 17.7. The van der Waals surface area contributed by atoms with Crippen molar-refractivity contribution in [1.82, 2.24) is 9.62 Å². The Balaban J connectivity index is 1.84. The molecule has 1 aliphatic carbocycles. The molecule has 1 aliphatic rings. The van der Waals surface area contributed by atoms with Crippen molar-refractivity contribution in [3.8, 4) is 0 Å². The topological polar surface area (TPSA) is 92.8 Å². The summed E-state index contributed by atoms with van der Waals surface area (Å²) in [6, 6.07) is 4.96. The molecule has 1 N–H and O–H groups in total. The molecule has 28 heavy (non-hydrogen) atoms. The Morgan fingerprint density at radius 2 is 1.82 bits per heavy atom. The van der Waals surface area contributed by atoms with Crippen LogP contribution >= 0.6 is 0 Å². The van der Waals surface area contributed by atoms with E-state index in [4.69, 9.17) is 4.74 Å². The Hall–Kier alpha value is -1.93. The number of hydrogen-bond acceptors (Lipinski definition) is 5. The summed E-state index contributed by atoms with van der Waals surface area (Å²) in [6.45, 7) is 5.31.